The number of carbonyl (C=O) groups is 1. The molecule has 0 unspecified atom stereocenters. The molecule has 3 nitrogen and oxygen atoms in total. The molecule has 1 amide bonds. The van der Waals surface area contributed by atoms with Crippen LogP contribution in [0.5, 0.6) is 0 Å². The summed E-state index contributed by atoms with van der Waals surface area (Å²) in [7, 11) is 0. The van der Waals surface area contributed by atoms with Gasteiger partial charge in [0.05, 0.1) is 5.25 Å². The quantitative estimate of drug-likeness (QED) is 0.770. The molecule has 1 aromatic carbocycles. The molecule has 5 heteroatoms. The van der Waals surface area contributed by atoms with Crippen molar-refractivity contribution in [3.05, 3.63) is 47.0 Å². The molecule has 1 N–H and O–H groups in total. The zero-order valence-corrected chi connectivity index (χ0v) is 14.8. The summed E-state index contributed by atoms with van der Waals surface area (Å²) < 4.78 is 0.954. The largest absolute Gasteiger partial charge is 0.355 e. The Morgan fingerprint density at radius 3 is 2.68 bits per heavy atom. The van der Waals surface area contributed by atoms with Crippen molar-refractivity contribution in [1.29, 1.82) is 0 Å². The van der Waals surface area contributed by atoms with Gasteiger partial charge in [0.1, 0.15) is 0 Å². The number of rotatable bonds is 7. The first-order chi connectivity index (χ1) is 10.6. The van der Waals surface area contributed by atoms with Gasteiger partial charge in [-0.25, -0.2) is 4.98 Å². The predicted octanol–water partition coefficient (Wildman–Crippen LogP) is 4.24. The average molecular weight is 335 g/mol. The Bertz CT molecular complexity index is 598. The van der Waals surface area contributed by atoms with Crippen LogP contribution in [0.4, 0.5) is 0 Å². The van der Waals surface area contributed by atoms with Crippen LogP contribution in [-0.4, -0.2) is 22.7 Å². The Balaban J connectivity index is 1.85. The number of thiazole rings is 1. The summed E-state index contributed by atoms with van der Waals surface area (Å²) in [5.41, 5.74) is 2.29. The van der Waals surface area contributed by atoms with Crippen LogP contribution >= 0.6 is 23.1 Å². The lowest BCUT2D eigenvalue weighted by molar-refractivity contribution is -0.120. The van der Waals surface area contributed by atoms with E-state index in [1.165, 1.54) is 17.3 Å². The van der Waals surface area contributed by atoms with E-state index in [4.69, 9.17) is 0 Å². The fourth-order valence-corrected chi connectivity index (χ4v) is 4.19. The van der Waals surface area contributed by atoms with Gasteiger partial charge in [0.25, 0.3) is 0 Å². The van der Waals surface area contributed by atoms with Gasteiger partial charge < -0.3 is 5.32 Å². The second-order valence-corrected chi connectivity index (χ2v) is 7.72. The van der Waals surface area contributed by atoms with Crippen LogP contribution in [0.2, 0.25) is 0 Å². The summed E-state index contributed by atoms with van der Waals surface area (Å²) in [6, 6.07) is 10.4. The van der Waals surface area contributed by atoms with Crippen molar-refractivity contribution < 1.29 is 4.79 Å². The maximum atomic E-state index is 12.3. The number of carbonyl (C=O) groups excluding carboxylic acids is 1. The molecule has 0 radical (unpaired) electrons. The van der Waals surface area contributed by atoms with Gasteiger partial charge in [-0.15, -0.1) is 11.3 Å². The molecular formula is C17H22N2OS2. The number of nitrogens with one attached hydrogen (secondary N) is 1. The number of hydrogen-bond acceptors (Lipinski definition) is 4. The highest BCUT2D eigenvalue weighted by molar-refractivity contribution is 8.02. The third kappa shape index (κ3) is 4.85. The molecule has 2 aromatic rings. The molecule has 0 saturated carbocycles. The topological polar surface area (TPSA) is 42.0 Å². The van der Waals surface area contributed by atoms with Gasteiger partial charge in [0.15, 0.2) is 4.34 Å². The minimum Gasteiger partial charge on any atom is -0.355 e. The fourth-order valence-electron chi connectivity index (χ4n) is 2.18. The first kappa shape index (κ1) is 17.0. The molecule has 2 atom stereocenters. The van der Waals surface area contributed by atoms with Crippen LogP contribution in [0.15, 0.2) is 40.1 Å². The molecule has 1 heterocycles. The van der Waals surface area contributed by atoms with Gasteiger partial charge in [-0.1, -0.05) is 49.0 Å². The summed E-state index contributed by atoms with van der Waals surface area (Å²) in [5.74, 6) is 0.441. The second kappa shape index (κ2) is 8.34. The molecule has 0 aliphatic carbocycles. The van der Waals surface area contributed by atoms with Crippen molar-refractivity contribution >= 4 is 29.0 Å². The van der Waals surface area contributed by atoms with E-state index in [0.717, 1.165) is 16.5 Å². The van der Waals surface area contributed by atoms with E-state index in [2.05, 4.69) is 29.4 Å². The summed E-state index contributed by atoms with van der Waals surface area (Å²) in [6.45, 7) is 6.73. The lowest BCUT2D eigenvalue weighted by Crippen LogP contribution is -2.34. The highest BCUT2D eigenvalue weighted by atomic mass is 32.2. The smallest absolute Gasteiger partial charge is 0.233 e. The normalized spacial score (nSPS) is 13.6. The van der Waals surface area contributed by atoms with E-state index < -0.39 is 0 Å². The molecule has 0 aliphatic heterocycles. The minimum absolute atomic E-state index is 0.0761. The summed E-state index contributed by atoms with van der Waals surface area (Å²) >= 11 is 3.12. The van der Waals surface area contributed by atoms with Gasteiger partial charge in [-0.3, -0.25) is 4.79 Å². The summed E-state index contributed by atoms with van der Waals surface area (Å²) in [6.07, 6.45) is 1.01. The number of hydrogen-bond donors (Lipinski definition) is 1. The Kier molecular flexibility index (Phi) is 6.46. The zero-order chi connectivity index (χ0) is 15.9. The number of aromatic nitrogens is 1. The molecule has 2 rings (SSSR count). The van der Waals surface area contributed by atoms with E-state index in [-0.39, 0.29) is 11.2 Å². The average Bonchev–Trinajstić information content (AvgIpc) is 2.93. The Morgan fingerprint density at radius 2 is 2.09 bits per heavy atom. The zero-order valence-electron chi connectivity index (χ0n) is 13.2. The van der Waals surface area contributed by atoms with Crippen molar-refractivity contribution in [2.24, 2.45) is 0 Å². The minimum atomic E-state index is -0.126. The van der Waals surface area contributed by atoms with Gasteiger partial charge in [0.2, 0.25) is 5.91 Å². The van der Waals surface area contributed by atoms with E-state index >= 15 is 0 Å². The first-order valence-electron chi connectivity index (χ1n) is 7.51. The Labute approximate surface area is 140 Å². The highest BCUT2D eigenvalue weighted by Crippen LogP contribution is 2.26. The fraction of sp³-hybridized carbons (Fsp3) is 0.412. The molecule has 0 fully saturated rings. The number of aryl methyl sites for hydroxylation is 1. The lowest BCUT2D eigenvalue weighted by atomic mass is 9.96. The molecular weight excluding hydrogens is 312 g/mol. The van der Waals surface area contributed by atoms with Crippen LogP contribution in [-0.2, 0) is 4.79 Å². The Hall–Kier alpha value is -1.33. The van der Waals surface area contributed by atoms with E-state index in [0.29, 0.717) is 12.5 Å². The van der Waals surface area contributed by atoms with E-state index in [9.17, 15) is 4.79 Å². The molecule has 0 aliphatic rings. The molecule has 118 valence electrons. The molecule has 0 bridgehead atoms. The number of nitrogens with zero attached hydrogens (tertiary/aromatic N) is 1. The number of amides is 1. The monoisotopic (exact) mass is 334 g/mol. The first-order valence-corrected chi connectivity index (χ1v) is 9.27. The lowest BCUT2D eigenvalue weighted by Gasteiger charge is -2.17. The van der Waals surface area contributed by atoms with Crippen LogP contribution in [0, 0.1) is 6.92 Å². The molecule has 0 saturated heterocycles. The second-order valence-electron chi connectivity index (χ2n) is 5.28. The van der Waals surface area contributed by atoms with E-state index in [1.54, 1.807) is 11.3 Å². The van der Waals surface area contributed by atoms with Crippen molar-refractivity contribution in [1.82, 2.24) is 10.3 Å². The van der Waals surface area contributed by atoms with Gasteiger partial charge in [-0.05, 0) is 25.8 Å². The maximum Gasteiger partial charge on any atom is 0.233 e. The van der Waals surface area contributed by atoms with Crippen LogP contribution < -0.4 is 5.32 Å². The Morgan fingerprint density at radius 1 is 1.36 bits per heavy atom. The standard InChI is InChI=1S/C17H22N2OS2/c1-4-14(15-8-6-5-7-9-15)10-18-16(20)13(3)22-17-19-12(2)11-21-17/h5-9,11,13-14H,4,10H2,1-3H3,(H,18,20)/t13-,14-/m1/s1. The van der Waals surface area contributed by atoms with Gasteiger partial charge in [-0.2, -0.15) is 0 Å². The third-order valence-electron chi connectivity index (χ3n) is 3.53. The van der Waals surface area contributed by atoms with Crippen molar-refractivity contribution in [3.8, 4) is 0 Å². The molecule has 0 spiro atoms. The molecule has 1 aromatic heterocycles. The van der Waals surface area contributed by atoms with Crippen molar-refractivity contribution in [3.63, 3.8) is 0 Å². The van der Waals surface area contributed by atoms with Gasteiger partial charge >= 0.3 is 0 Å². The summed E-state index contributed by atoms with van der Waals surface area (Å²) in [4.78, 5) is 16.6. The summed E-state index contributed by atoms with van der Waals surface area (Å²) in [5, 5.41) is 4.96. The predicted molar refractivity (Wildman–Crippen MR) is 94.7 cm³/mol. The molecule has 22 heavy (non-hydrogen) atoms. The van der Waals surface area contributed by atoms with Crippen molar-refractivity contribution in [2.45, 2.75) is 42.7 Å². The highest BCUT2D eigenvalue weighted by Gasteiger charge is 2.17. The maximum absolute atomic E-state index is 12.3. The third-order valence-corrected chi connectivity index (χ3v) is 5.72. The van der Waals surface area contributed by atoms with Crippen molar-refractivity contribution in [2.75, 3.05) is 6.54 Å². The van der Waals surface area contributed by atoms with Crippen LogP contribution in [0.25, 0.3) is 0 Å². The van der Waals surface area contributed by atoms with Crippen LogP contribution in [0.1, 0.15) is 37.4 Å². The SMILES string of the molecule is CC[C@H](CNC(=O)[C@@H](C)Sc1nc(C)cs1)c1ccccc1. The van der Waals surface area contributed by atoms with Crippen LogP contribution in [0.3, 0.4) is 0 Å². The number of benzene rings is 1. The van der Waals surface area contributed by atoms with E-state index in [1.807, 2.05) is 37.4 Å². The van der Waals surface area contributed by atoms with Gasteiger partial charge in [0, 0.05) is 23.5 Å². The number of thioether (sulfide) groups is 1.